The number of carbonyl (C=O) groups is 1. The molecule has 6 N–H and O–H groups in total. The van der Waals surface area contributed by atoms with Crippen LogP contribution in [-0.2, 0) is 14.3 Å². The first kappa shape index (κ1) is 30.1. The van der Waals surface area contributed by atoms with Crippen LogP contribution in [0.15, 0.2) is 54.1 Å². The largest absolute Gasteiger partial charge is 0.394 e. The second-order valence-electron chi connectivity index (χ2n) is 10.3. The van der Waals surface area contributed by atoms with Crippen LogP contribution in [-0.4, -0.2) is 108 Å². The minimum absolute atomic E-state index is 0.242. The van der Waals surface area contributed by atoms with E-state index in [1.807, 2.05) is 18.2 Å². The molecule has 0 saturated carbocycles. The number of aliphatic hydroxyl groups is 4. The van der Waals surface area contributed by atoms with Crippen LogP contribution in [0, 0.1) is 11.3 Å². The van der Waals surface area contributed by atoms with Crippen molar-refractivity contribution in [1.29, 1.82) is 5.26 Å². The first-order valence-corrected chi connectivity index (χ1v) is 14.6. The third-order valence-electron chi connectivity index (χ3n) is 7.46. The number of benzene rings is 2. The molecule has 0 bridgehead atoms. The van der Waals surface area contributed by atoms with E-state index in [9.17, 15) is 30.5 Å². The van der Waals surface area contributed by atoms with Crippen LogP contribution in [0.2, 0.25) is 0 Å². The van der Waals surface area contributed by atoms with Crippen molar-refractivity contribution < 1.29 is 34.7 Å². The molecule has 2 saturated heterocycles. The summed E-state index contributed by atoms with van der Waals surface area (Å²) in [6.45, 7) is 4.73. The second-order valence-corrected chi connectivity index (χ2v) is 11.4. The zero-order valence-electron chi connectivity index (χ0n) is 22.8. The van der Waals surface area contributed by atoms with Crippen LogP contribution in [0.4, 0.5) is 5.69 Å². The lowest BCUT2D eigenvalue weighted by Gasteiger charge is -2.40. The van der Waals surface area contributed by atoms with Gasteiger partial charge in [-0.3, -0.25) is 9.69 Å². The Bertz CT molecular complexity index is 1470. The molecule has 222 valence electrons. The molecule has 12 heteroatoms. The van der Waals surface area contributed by atoms with Crippen molar-refractivity contribution >= 4 is 39.8 Å². The van der Waals surface area contributed by atoms with E-state index in [0.717, 1.165) is 66.3 Å². The van der Waals surface area contributed by atoms with Gasteiger partial charge in [0.1, 0.15) is 36.0 Å². The van der Waals surface area contributed by atoms with Crippen molar-refractivity contribution in [2.75, 3.05) is 51.3 Å². The summed E-state index contributed by atoms with van der Waals surface area (Å²) in [5.41, 5.74) is 1.83. The van der Waals surface area contributed by atoms with Gasteiger partial charge in [0.2, 0.25) is 0 Å². The normalized spacial score (nSPS) is 25.2. The molecule has 2 aliphatic rings. The molecule has 11 nitrogen and oxygen atoms in total. The van der Waals surface area contributed by atoms with Crippen molar-refractivity contribution in [2.45, 2.75) is 30.6 Å². The van der Waals surface area contributed by atoms with Crippen molar-refractivity contribution in [2.24, 2.45) is 0 Å². The van der Waals surface area contributed by atoms with E-state index in [1.54, 1.807) is 6.07 Å². The molecule has 42 heavy (non-hydrogen) atoms. The third-order valence-corrected chi connectivity index (χ3v) is 8.54. The number of nitrogens with one attached hydrogen (secondary N) is 2. The summed E-state index contributed by atoms with van der Waals surface area (Å²) < 4.78 is 10.5. The Kier molecular flexibility index (Phi) is 9.84. The van der Waals surface area contributed by atoms with E-state index in [2.05, 4.69) is 45.9 Å². The smallest absolute Gasteiger partial charge is 0.262 e. The maximum Gasteiger partial charge on any atom is 0.262 e. The van der Waals surface area contributed by atoms with Gasteiger partial charge >= 0.3 is 0 Å². The molecule has 3 aromatic rings. The summed E-state index contributed by atoms with van der Waals surface area (Å²) in [6.07, 6.45) is -4.57. The SMILES string of the molecule is N#C/C(=C\c1ccc(-c2ccc3cc(NCCN4CCOCC4)ccc3c2)s1)C(=O)N[C@H]1C(O)O[C@H](CO)[C@@H](O)[C@@H]1O. The lowest BCUT2D eigenvalue weighted by Crippen LogP contribution is -2.64. The predicted octanol–water partition coefficient (Wildman–Crippen LogP) is 1.14. The molecule has 1 amide bonds. The van der Waals surface area contributed by atoms with Crippen LogP contribution in [0.25, 0.3) is 27.3 Å². The average molecular weight is 595 g/mol. The van der Waals surface area contributed by atoms with E-state index < -0.39 is 43.2 Å². The molecule has 1 aromatic heterocycles. The fourth-order valence-corrected chi connectivity index (χ4v) is 6.00. The van der Waals surface area contributed by atoms with Gasteiger partial charge in [0.05, 0.1) is 19.8 Å². The van der Waals surface area contributed by atoms with Gasteiger partial charge in [-0.15, -0.1) is 11.3 Å². The van der Waals surface area contributed by atoms with Gasteiger partial charge in [0, 0.05) is 41.6 Å². The van der Waals surface area contributed by atoms with Gasteiger partial charge in [-0.2, -0.15) is 5.26 Å². The zero-order chi connectivity index (χ0) is 29.6. The average Bonchev–Trinajstić information content (AvgIpc) is 3.48. The molecular formula is C30H34N4O7S. The van der Waals surface area contributed by atoms with Gasteiger partial charge in [-0.05, 0) is 52.7 Å². The van der Waals surface area contributed by atoms with Gasteiger partial charge in [0.15, 0.2) is 6.29 Å². The lowest BCUT2D eigenvalue weighted by atomic mass is 9.97. The molecule has 5 atom stereocenters. The van der Waals surface area contributed by atoms with Crippen LogP contribution in [0.3, 0.4) is 0 Å². The number of rotatable bonds is 9. The first-order valence-electron chi connectivity index (χ1n) is 13.8. The molecule has 0 spiro atoms. The highest BCUT2D eigenvalue weighted by molar-refractivity contribution is 7.16. The van der Waals surface area contributed by atoms with Gasteiger partial charge < -0.3 is 40.5 Å². The Balaban J connectivity index is 1.23. The van der Waals surface area contributed by atoms with Crippen molar-refractivity contribution in [3.8, 4) is 16.5 Å². The Labute approximate surface area is 247 Å². The number of ether oxygens (including phenoxy) is 2. The molecule has 2 aromatic carbocycles. The zero-order valence-corrected chi connectivity index (χ0v) is 23.7. The number of fused-ring (bicyclic) bond motifs is 1. The predicted molar refractivity (Wildman–Crippen MR) is 159 cm³/mol. The van der Waals surface area contributed by atoms with Crippen molar-refractivity contribution in [3.63, 3.8) is 0 Å². The Morgan fingerprint density at radius 2 is 1.83 bits per heavy atom. The molecular weight excluding hydrogens is 560 g/mol. The van der Waals surface area contributed by atoms with E-state index in [1.165, 1.54) is 17.4 Å². The van der Waals surface area contributed by atoms with E-state index in [4.69, 9.17) is 9.47 Å². The molecule has 2 fully saturated rings. The van der Waals surface area contributed by atoms with Gasteiger partial charge in [-0.1, -0.05) is 18.2 Å². The number of hydrogen-bond donors (Lipinski definition) is 6. The molecule has 5 rings (SSSR count). The number of nitriles is 1. The van der Waals surface area contributed by atoms with Crippen LogP contribution in [0.1, 0.15) is 4.88 Å². The number of nitrogens with zero attached hydrogens (tertiary/aromatic N) is 2. The van der Waals surface area contributed by atoms with Crippen LogP contribution >= 0.6 is 11.3 Å². The number of thiophene rings is 1. The third kappa shape index (κ3) is 6.97. The van der Waals surface area contributed by atoms with Crippen molar-refractivity contribution in [1.82, 2.24) is 10.2 Å². The number of amides is 1. The summed E-state index contributed by atoms with van der Waals surface area (Å²) in [5, 5.41) is 57.4. The summed E-state index contributed by atoms with van der Waals surface area (Å²) in [5.74, 6) is -0.839. The topological polar surface area (TPSA) is 168 Å². The number of morpholine rings is 1. The summed E-state index contributed by atoms with van der Waals surface area (Å²) >= 11 is 1.41. The van der Waals surface area contributed by atoms with Gasteiger partial charge in [-0.25, -0.2) is 0 Å². The molecule has 1 unspecified atom stereocenters. The first-order chi connectivity index (χ1) is 20.4. The highest BCUT2D eigenvalue weighted by Crippen LogP contribution is 2.32. The van der Waals surface area contributed by atoms with Crippen molar-refractivity contribution in [3.05, 3.63) is 59.0 Å². The van der Waals surface area contributed by atoms with E-state index in [-0.39, 0.29) is 5.57 Å². The highest BCUT2D eigenvalue weighted by atomic mass is 32.1. The second kappa shape index (κ2) is 13.7. The van der Waals surface area contributed by atoms with Crippen LogP contribution < -0.4 is 10.6 Å². The Morgan fingerprint density at radius 3 is 2.60 bits per heavy atom. The quantitative estimate of drug-likeness (QED) is 0.156. The van der Waals surface area contributed by atoms with E-state index in [0.29, 0.717) is 4.88 Å². The minimum atomic E-state index is -1.67. The Hall–Kier alpha value is -3.38. The summed E-state index contributed by atoms with van der Waals surface area (Å²) in [6, 6.07) is 16.7. The number of anilines is 1. The number of carbonyl (C=O) groups excluding carboxylic acids is 1. The number of aliphatic hydroxyl groups excluding tert-OH is 4. The fraction of sp³-hybridized carbons (Fsp3) is 0.400. The highest BCUT2D eigenvalue weighted by Gasteiger charge is 2.44. The molecule has 3 heterocycles. The van der Waals surface area contributed by atoms with E-state index >= 15 is 0 Å². The van der Waals surface area contributed by atoms with Gasteiger partial charge in [0.25, 0.3) is 5.91 Å². The maximum absolute atomic E-state index is 12.8. The standard InChI is InChI=1S/C30H34N4O7S/c31-16-21(29(38)33-26-28(37)27(36)24(17-35)41-30(26)39)15-23-5-6-25(42-23)20-2-1-19-14-22(4-3-18(19)13-20)32-7-8-34-9-11-40-12-10-34/h1-6,13-15,24,26-28,30,32,35-37,39H,7-12,17H2,(H,33,38)/b21-15+/t24-,26-,27-,28-,30?/m1/s1. The molecule has 0 aliphatic carbocycles. The summed E-state index contributed by atoms with van der Waals surface area (Å²) in [4.78, 5) is 16.8. The lowest BCUT2D eigenvalue weighted by molar-refractivity contribution is -0.253. The van der Waals surface area contributed by atoms with Crippen LogP contribution in [0.5, 0.6) is 0 Å². The Morgan fingerprint density at radius 1 is 1.07 bits per heavy atom. The summed E-state index contributed by atoms with van der Waals surface area (Å²) in [7, 11) is 0. The minimum Gasteiger partial charge on any atom is -0.394 e. The number of hydrogen-bond acceptors (Lipinski definition) is 11. The monoisotopic (exact) mass is 594 g/mol. The molecule has 0 radical (unpaired) electrons. The molecule has 2 aliphatic heterocycles. The fourth-order valence-electron chi connectivity index (χ4n) is 5.05. The maximum atomic E-state index is 12.8.